The number of benzene rings is 1. The van der Waals surface area contributed by atoms with E-state index in [4.69, 9.17) is 4.74 Å². The van der Waals surface area contributed by atoms with Crippen molar-refractivity contribution in [3.05, 3.63) is 40.9 Å². The van der Waals surface area contributed by atoms with Crippen molar-refractivity contribution in [3.8, 4) is 0 Å². The highest BCUT2D eigenvalue weighted by Gasteiger charge is 2.42. The Balaban J connectivity index is 1.83. The predicted octanol–water partition coefficient (Wildman–Crippen LogP) is 4.14. The first-order valence-corrected chi connectivity index (χ1v) is 8.01. The fraction of sp³-hybridized carbons (Fsp3) is 0.375. The number of nitrogens with zero attached hydrogens (tertiary/aromatic N) is 1. The number of para-hydroxylation sites is 1. The minimum absolute atomic E-state index is 0.127. The minimum Gasteiger partial charge on any atom is -0.452 e. The van der Waals surface area contributed by atoms with E-state index >= 15 is 0 Å². The first-order valence-electron chi connectivity index (χ1n) is 7.13. The SMILES string of the molecule is CCC1(c2csc(Nc3ccccc3C)n2)CCC(=O)O1. The van der Waals surface area contributed by atoms with E-state index in [2.05, 4.69) is 23.3 Å². The lowest BCUT2D eigenvalue weighted by Gasteiger charge is -2.23. The number of carbonyl (C=O) groups excluding carboxylic acids is 1. The number of hydrogen-bond donors (Lipinski definition) is 1. The fourth-order valence-corrected chi connectivity index (χ4v) is 3.41. The van der Waals surface area contributed by atoms with E-state index < -0.39 is 5.60 Å². The van der Waals surface area contributed by atoms with Crippen LogP contribution in [0.2, 0.25) is 0 Å². The summed E-state index contributed by atoms with van der Waals surface area (Å²) in [7, 11) is 0. The highest BCUT2D eigenvalue weighted by molar-refractivity contribution is 7.13. The molecule has 1 unspecified atom stereocenters. The van der Waals surface area contributed by atoms with Crippen LogP contribution in [-0.2, 0) is 15.1 Å². The van der Waals surface area contributed by atoms with Crippen molar-refractivity contribution in [1.82, 2.24) is 4.98 Å². The molecule has 1 atom stereocenters. The van der Waals surface area contributed by atoms with Gasteiger partial charge in [-0.05, 0) is 25.0 Å². The number of carbonyl (C=O) groups is 1. The van der Waals surface area contributed by atoms with Gasteiger partial charge in [-0.15, -0.1) is 11.3 Å². The molecule has 4 nitrogen and oxygen atoms in total. The first-order chi connectivity index (χ1) is 10.1. The summed E-state index contributed by atoms with van der Waals surface area (Å²) in [5.74, 6) is -0.127. The number of aromatic nitrogens is 1. The van der Waals surface area contributed by atoms with Crippen molar-refractivity contribution in [1.29, 1.82) is 0 Å². The van der Waals surface area contributed by atoms with E-state index in [-0.39, 0.29) is 5.97 Å². The van der Waals surface area contributed by atoms with Crippen molar-refractivity contribution < 1.29 is 9.53 Å². The van der Waals surface area contributed by atoms with Crippen LogP contribution in [0, 0.1) is 6.92 Å². The zero-order valence-corrected chi connectivity index (χ0v) is 13.0. The Labute approximate surface area is 128 Å². The third-order valence-corrected chi connectivity index (χ3v) is 4.73. The van der Waals surface area contributed by atoms with Gasteiger partial charge in [-0.3, -0.25) is 4.79 Å². The Morgan fingerprint density at radius 2 is 2.24 bits per heavy atom. The number of thiazole rings is 1. The molecule has 1 aliphatic heterocycles. The molecular weight excluding hydrogens is 284 g/mol. The Morgan fingerprint density at radius 3 is 2.90 bits per heavy atom. The van der Waals surface area contributed by atoms with Gasteiger partial charge in [0.1, 0.15) is 0 Å². The van der Waals surface area contributed by atoms with E-state index in [0.29, 0.717) is 6.42 Å². The highest BCUT2D eigenvalue weighted by Crippen LogP contribution is 2.41. The number of aryl methyl sites for hydroxylation is 1. The Bertz CT molecular complexity index is 668. The molecule has 0 bridgehead atoms. The van der Waals surface area contributed by atoms with E-state index in [1.807, 2.05) is 30.5 Å². The van der Waals surface area contributed by atoms with Gasteiger partial charge in [-0.1, -0.05) is 25.1 Å². The normalized spacial score (nSPS) is 21.3. The van der Waals surface area contributed by atoms with Crippen LogP contribution >= 0.6 is 11.3 Å². The van der Waals surface area contributed by atoms with Gasteiger partial charge in [-0.25, -0.2) is 4.98 Å². The molecule has 1 aromatic heterocycles. The molecule has 1 saturated heterocycles. The van der Waals surface area contributed by atoms with Gasteiger partial charge in [0.15, 0.2) is 10.7 Å². The molecule has 21 heavy (non-hydrogen) atoms. The molecule has 1 aromatic carbocycles. The molecule has 0 aliphatic carbocycles. The molecule has 1 fully saturated rings. The lowest BCUT2D eigenvalue weighted by Crippen LogP contribution is -2.25. The molecule has 1 N–H and O–H groups in total. The van der Waals surface area contributed by atoms with Gasteiger partial charge >= 0.3 is 5.97 Å². The quantitative estimate of drug-likeness (QED) is 0.862. The monoisotopic (exact) mass is 302 g/mol. The van der Waals surface area contributed by atoms with E-state index in [1.54, 1.807) is 11.3 Å². The summed E-state index contributed by atoms with van der Waals surface area (Å²) < 4.78 is 5.55. The van der Waals surface area contributed by atoms with E-state index in [9.17, 15) is 4.79 Å². The average Bonchev–Trinajstić information content (AvgIpc) is 3.09. The molecule has 3 rings (SSSR count). The second kappa shape index (κ2) is 5.48. The molecule has 110 valence electrons. The van der Waals surface area contributed by atoms with Crippen LogP contribution < -0.4 is 5.32 Å². The Morgan fingerprint density at radius 1 is 1.43 bits per heavy atom. The van der Waals surface area contributed by atoms with Crippen molar-refractivity contribution in [3.63, 3.8) is 0 Å². The van der Waals surface area contributed by atoms with Crippen LogP contribution in [0.5, 0.6) is 0 Å². The fourth-order valence-electron chi connectivity index (χ4n) is 2.60. The maximum atomic E-state index is 11.5. The maximum absolute atomic E-state index is 11.5. The largest absolute Gasteiger partial charge is 0.452 e. The number of cyclic esters (lactones) is 1. The smallest absolute Gasteiger partial charge is 0.306 e. The van der Waals surface area contributed by atoms with Gasteiger partial charge in [0.25, 0.3) is 0 Å². The molecule has 2 heterocycles. The predicted molar refractivity (Wildman–Crippen MR) is 83.9 cm³/mol. The molecule has 0 saturated carbocycles. The lowest BCUT2D eigenvalue weighted by molar-refractivity contribution is -0.149. The summed E-state index contributed by atoms with van der Waals surface area (Å²) in [5, 5.41) is 6.15. The minimum atomic E-state index is -0.529. The maximum Gasteiger partial charge on any atom is 0.306 e. The molecular formula is C16H18N2O2S. The van der Waals surface area contributed by atoms with Gasteiger partial charge in [-0.2, -0.15) is 0 Å². The van der Waals surface area contributed by atoms with Crippen LogP contribution in [0.4, 0.5) is 10.8 Å². The second-order valence-electron chi connectivity index (χ2n) is 5.30. The summed E-state index contributed by atoms with van der Waals surface area (Å²) in [6.07, 6.45) is 1.95. The van der Waals surface area contributed by atoms with Crippen LogP contribution in [-0.4, -0.2) is 11.0 Å². The molecule has 0 radical (unpaired) electrons. The van der Waals surface area contributed by atoms with Crippen LogP contribution in [0.25, 0.3) is 0 Å². The third-order valence-electron chi connectivity index (χ3n) is 3.97. The molecule has 5 heteroatoms. The van der Waals surface area contributed by atoms with Gasteiger partial charge in [0.05, 0.1) is 5.69 Å². The highest BCUT2D eigenvalue weighted by atomic mass is 32.1. The molecule has 0 spiro atoms. The zero-order valence-electron chi connectivity index (χ0n) is 12.2. The van der Waals surface area contributed by atoms with Gasteiger partial charge in [0.2, 0.25) is 0 Å². The van der Waals surface area contributed by atoms with Gasteiger partial charge in [0, 0.05) is 23.9 Å². The number of ether oxygens (including phenoxy) is 1. The summed E-state index contributed by atoms with van der Waals surface area (Å²) in [6, 6.07) is 8.10. The number of esters is 1. The van der Waals surface area contributed by atoms with Gasteiger partial charge < -0.3 is 10.1 Å². The summed E-state index contributed by atoms with van der Waals surface area (Å²) in [5.41, 5.74) is 2.55. The van der Waals surface area contributed by atoms with Crippen molar-refractivity contribution in [2.75, 3.05) is 5.32 Å². The topological polar surface area (TPSA) is 51.2 Å². The van der Waals surface area contributed by atoms with Crippen LogP contribution in [0.1, 0.15) is 37.4 Å². The van der Waals surface area contributed by atoms with E-state index in [0.717, 1.165) is 29.4 Å². The zero-order chi connectivity index (χ0) is 14.9. The molecule has 2 aromatic rings. The van der Waals surface area contributed by atoms with Crippen molar-refractivity contribution in [2.24, 2.45) is 0 Å². The summed E-state index contributed by atoms with van der Waals surface area (Å²) >= 11 is 1.54. The Hall–Kier alpha value is -1.88. The second-order valence-corrected chi connectivity index (χ2v) is 6.16. The standard InChI is InChI=1S/C16H18N2O2S/c1-3-16(9-8-14(19)20-16)13-10-21-15(18-13)17-12-7-5-4-6-11(12)2/h4-7,10H,3,8-9H2,1-2H3,(H,17,18). The van der Waals surface area contributed by atoms with E-state index in [1.165, 1.54) is 5.56 Å². The van der Waals surface area contributed by atoms with Crippen LogP contribution in [0.3, 0.4) is 0 Å². The Kier molecular flexibility index (Phi) is 3.68. The summed E-state index contributed by atoms with van der Waals surface area (Å²) in [6.45, 7) is 4.09. The molecule has 1 aliphatic rings. The third kappa shape index (κ3) is 2.65. The lowest BCUT2D eigenvalue weighted by atomic mass is 9.94. The number of hydrogen-bond acceptors (Lipinski definition) is 5. The summed E-state index contributed by atoms with van der Waals surface area (Å²) in [4.78, 5) is 16.1. The number of anilines is 2. The average molecular weight is 302 g/mol. The van der Waals surface area contributed by atoms with Crippen LogP contribution in [0.15, 0.2) is 29.6 Å². The molecule has 0 amide bonds. The number of rotatable bonds is 4. The van der Waals surface area contributed by atoms with Crippen molar-refractivity contribution in [2.45, 2.75) is 38.7 Å². The first kappa shape index (κ1) is 14.1. The number of nitrogens with one attached hydrogen (secondary N) is 1. The van der Waals surface area contributed by atoms with Crippen molar-refractivity contribution >= 4 is 28.1 Å².